The summed E-state index contributed by atoms with van der Waals surface area (Å²) in [5.41, 5.74) is 1.31. The third-order valence-electron chi connectivity index (χ3n) is 3.04. The Balaban J connectivity index is 2.14. The second-order valence-corrected chi connectivity index (χ2v) is 4.29. The van der Waals surface area contributed by atoms with Crippen molar-refractivity contribution in [1.29, 1.82) is 0 Å². The van der Waals surface area contributed by atoms with Gasteiger partial charge in [-0.1, -0.05) is 5.16 Å². The summed E-state index contributed by atoms with van der Waals surface area (Å²) in [6.45, 7) is 6.99. The van der Waals surface area contributed by atoms with E-state index >= 15 is 0 Å². The molecule has 0 saturated carbocycles. The summed E-state index contributed by atoms with van der Waals surface area (Å²) >= 11 is 0. The molecule has 0 N–H and O–H groups in total. The van der Waals surface area contributed by atoms with Crippen molar-refractivity contribution in [2.24, 2.45) is 0 Å². The first-order chi connectivity index (χ1) is 7.59. The van der Waals surface area contributed by atoms with Crippen molar-refractivity contribution in [1.82, 2.24) is 15.0 Å². The van der Waals surface area contributed by atoms with Crippen LogP contribution in [0, 0.1) is 13.8 Å². The smallest absolute Gasteiger partial charge is 0.259 e. The molecule has 5 heteroatoms. The van der Waals surface area contributed by atoms with Gasteiger partial charge in [-0.05, 0) is 20.9 Å². The molecule has 1 saturated heterocycles. The largest absolute Gasteiger partial charge is 0.361 e. The summed E-state index contributed by atoms with van der Waals surface area (Å²) in [5, 5.41) is 3.81. The Morgan fingerprint density at radius 1 is 1.25 bits per heavy atom. The van der Waals surface area contributed by atoms with Gasteiger partial charge in [0.05, 0.1) is 5.69 Å². The number of carbonyl (C=O) groups is 1. The second kappa shape index (κ2) is 4.25. The molecule has 2 rings (SSSR count). The predicted molar refractivity (Wildman–Crippen MR) is 59.4 cm³/mol. The third-order valence-corrected chi connectivity index (χ3v) is 3.04. The molecule has 88 valence electrons. The minimum atomic E-state index is 0.0457. The molecule has 1 fully saturated rings. The minimum absolute atomic E-state index is 0.0457. The van der Waals surface area contributed by atoms with Crippen LogP contribution in [-0.2, 0) is 0 Å². The molecule has 0 atom stereocenters. The number of aromatic nitrogens is 1. The van der Waals surface area contributed by atoms with Crippen molar-refractivity contribution in [2.45, 2.75) is 13.8 Å². The van der Waals surface area contributed by atoms with E-state index < -0.39 is 0 Å². The zero-order valence-electron chi connectivity index (χ0n) is 9.99. The first kappa shape index (κ1) is 11.1. The first-order valence-corrected chi connectivity index (χ1v) is 5.50. The van der Waals surface area contributed by atoms with Gasteiger partial charge in [-0.15, -0.1) is 0 Å². The molecule has 2 heterocycles. The van der Waals surface area contributed by atoms with Crippen molar-refractivity contribution in [2.75, 3.05) is 33.2 Å². The Morgan fingerprint density at radius 3 is 2.38 bits per heavy atom. The average molecular weight is 223 g/mol. The molecule has 1 aliphatic rings. The lowest BCUT2D eigenvalue weighted by molar-refractivity contribution is 0.0661. The molecule has 1 aliphatic heterocycles. The fourth-order valence-corrected chi connectivity index (χ4v) is 1.96. The van der Waals surface area contributed by atoms with E-state index in [0.717, 1.165) is 26.2 Å². The molecular formula is C11H17N3O2. The molecule has 1 aromatic rings. The lowest BCUT2D eigenvalue weighted by Gasteiger charge is -2.32. The van der Waals surface area contributed by atoms with Gasteiger partial charge in [0.2, 0.25) is 0 Å². The minimum Gasteiger partial charge on any atom is -0.361 e. The summed E-state index contributed by atoms with van der Waals surface area (Å²) in [6.07, 6.45) is 0. The van der Waals surface area contributed by atoms with Gasteiger partial charge in [0, 0.05) is 26.2 Å². The maximum atomic E-state index is 12.2. The van der Waals surface area contributed by atoms with E-state index in [9.17, 15) is 4.79 Å². The molecule has 1 amide bonds. The van der Waals surface area contributed by atoms with Crippen LogP contribution in [0.25, 0.3) is 0 Å². The normalized spacial score (nSPS) is 17.8. The highest BCUT2D eigenvalue weighted by molar-refractivity contribution is 5.96. The zero-order valence-corrected chi connectivity index (χ0v) is 9.99. The SMILES string of the molecule is Cc1noc(C)c1C(=O)N1CCN(C)CC1. The van der Waals surface area contributed by atoms with Gasteiger partial charge in [0.1, 0.15) is 11.3 Å². The van der Waals surface area contributed by atoms with Crippen LogP contribution in [0.3, 0.4) is 0 Å². The average Bonchev–Trinajstić information content (AvgIpc) is 2.59. The van der Waals surface area contributed by atoms with E-state index in [1.807, 2.05) is 4.90 Å². The Hall–Kier alpha value is -1.36. The summed E-state index contributed by atoms with van der Waals surface area (Å²) in [7, 11) is 2.07. The van der Waals surface area contributed by atoms with Crippen LogP contribution in [-0.4, -0.2) is 54.1 Å². The molecule has 0 bridgehead atoms. The molecule has 0 radical (unpaired) electrons. The second-order valence-electron chi connectivity index (χ2n) is 4.29. The number of nitrogens with zero attached hydrogens (tertiary/aromatic N) is 3. The number of likely N-dealkylation sites (N-methyl/N-ethyl adjacent to an activating group) is 1. The molecular weight excluding hydrogens is 206 g/mol. The lowest BCUT2D eigenvalue weighted by atomic mass is 10.1. The Bertz CT molecular complexity index is 372. The molecule has 0 aliphatic carbocycles. The summed E-state index contributed by atoms with van der Waals surface area (Å²) < 4.78 is 5.02. The van der Waals surface area contributed by atoms with Crippen LogP contribution in [0.1, 0.15) is 21.8 Å². The Labute approximate surface area is 95.0 Å². The Morgan fingerprint density at radius 2 is 1.88 bits per heavy atom. The van der Waals surface area contributed by atoms with Crippen molar-refractivity contribution in [3.63, 3.8) is 0 Å². The number of hydrogen-bond donors (Lipinski definition) is 0. The van der Waals surface area contributed by atoms with E-state index in [0.29, 0.717) is 17.0 Å². The summed E-state index contributed by atoms with van der Waals surface area (Å²) in [5.74, 6) is 0.658. The van der Waals surface area contributed by atoms with Crippen molar-refractivity contribution in [3.8, 4) is 0 Å². The Kier molecular flexibility index (Phi) is 2.96. The molecule has 16 heavy (non-hydrogen) atoms. The number of rotatable bonds is 1. The van der Waals surface area contributed by atoms with Crippen LogP contribution in [0.5, 0.6) is 0 Å². The van der Waals surface area contributed by atoms with E-state index in [-0.39, 0.29) is 5.91 Å². The number of piperazine rings is 1. The monoisotopic (exact) mass is 223 g/mol. The van der Waals surface area contributed by atoms with Gasteiger partial charge in [0.15, 0.2) is 0 Å². The number of hydrogen-bond acceptors (Lipinski definition) is 4. The van der Waals surface area contributed by atoms with Gasteiger partial charge >= 0.3 is 0 Å². The van der Waals surface area contributed by atoms with Crippen LogP contribution in [0.15, 0.2) is 4.52 Å². The highest BCUT2D eigenvalue weighted by Crippen LogP contribution is 2.15. The molecule has 0 spiro atoms. The van der Waals surface area contributed by atoms with Crippen LogP contribution in [0.4, 0.5) is 0 Å². The first-order valence-electron chi connectivity index (χ1n) is 5.50. The van der Waals surface area contributed by atoms with Gasteiger partial charge in [-0.3, -0.25) is 4.79 Å². The molecule has 0 unspecified atom stereocenters. The molecule has 1 aromatic heterocycles. The summed E-state index contributed by atoms with van der Waals surface area (Å²) in [4.78, 5) is 16.3. The summed E-state index contributed by atoms with van der Waals surface area (Å²) in [6, 6.07) is 0. The maximum absolute atomic E-state index is 12.2. The van der Waals surface area contributed by atoms with E-state index in [2.05, 4.69) is 17.1 Å². The van der Waals surface area contributed by atoms with Gasteiger partial charge in [0.25, 0.3) is 5.91 Å². The third kappa shape index (κ3) is 1.95. The highest BCUT2D eigenvalue weighted by Gasteiger charge is 2.25. The van der Waals surface area contributed by atoms with Gasteiger partial charge in [-0.25, -0.2) is 0 Å². The van der Waals surface area contributed by atoms with Crippen molar-refractivity contribution < 1.29 is 9.32 Å². The lowest BCUT2D eigenvalue weighted by Crippen LogP contribution is -2.47. The maximum Gasteiger partial charge on any atom is 0.259 e. The predicted octanol–water partition coefficient (Wildman–Crippen LogP) is 0.679. The fourth-order valence-electron chi connectivity index (χ4n) is 1.96. The van der Waals surface area contributed by atoms with E-state index in [1.54, 1.807) is 13.8 Å². The van der Waals surface area contributed by atoms with Crippen LogP contribution in [0.2, 0.25) is 0 Å². The zero-order chi connectivity index (χ0) is 11.7. The standard InChI is InChI=1S/C11H17N3O2/c1-8-10(9(2)16-12-8)11(15)14-6-4-13(3)5-7-14/h4-7H2,1-3H3. The van der Waals surface area contributed by atoms with E-state index in [4.69, 9.17) is 4.52 Å². The molecule has 0 aromatic carbocycles. The van der Waals surface area contributed by atoms with Crippen molar-refractivity contribution in [3.05, 3.63) is 17.0 Å². The van der Waals surface area contributed by atoms with Gasteiger partial charge < -0.3 is 14.3 Å². The number of amides is 1. The highest BCUT2D eigenvalue weighted by atomic mass is 16.5. The van der Waals surface area contributed by atoms with Crippen LogP contribution >= 0.6 is 0 Å². The quantitative estimate of drug-likeness (QED) is 0.702. The van der Waals surface area contributed by atoms with Crippen LogP contribution < -0.4 is 0 Å². The van der Waals surface area contributed by atoms with Crippen molar-refractivity contribution >= 4 is 5.91 Å². The fraction of sp³-hybridized carbons (Fsp3) is 0.636. The number of carbonyl (C=O) groups excluding carboxylic acids is 1. The van der Waals surface area contributed by atoms with Gasteiger partial charge in [-0.2, -0.15) is 0 Å². The molecule has 5 nitrogen and oxygen atoms in total. The topological polar surface area (TPSA) is 49.6 Å². The number of aryl methyl sites for hydroxylation is 2. The van der Waals surface area contributed by atoms with E-state index in [1.165, 1.54) is 0 Å².